The van der Waals surface area contributed by atoms with Gasteiger partial charge in [0, 0.05) is 86.3 Å². The highest BCUT2D eigenvalue weighted by atomic mass is 32.2. The van der Waals surface area contributed by atoms with Crippen molar-refractivity contribution in [2.75, 3.05) is 48.9 Å². The second-order valence-corrected chi connectivity index (χ2v) is 10.8. The molecule has 2 aliphatic heterocycles. The van der Waals surface area contributed by atoms with Crippen molar-refractivity contribution in [3.05, 3.63) is 78.8 Å². The fourth-order valence-electron chi connectivity index (χ4n) is 5.04. The predicted molar refractivity (Wildman–Crippen MR) is 150 cm³/mol. The van der Waals surface area contributed by atoms with Gasteiger partial charge in [-0.2, -0.15) is 5.10 Å². The van der Waals surface area contributed by atoms with Crippen LogP contribution in [0.25, 0.3) is 28.1 Å². The molecule has 6 rings (SSSR count). The molecular formula is C28H29F2N7OS. The van der Waals surface area contributed by atoms with E-state index in [-0.39, 0.29) is 11.3 Å². The number of anilines is 2. The molecule has 1 atom stereocenters. The summed E-state index contributed by atoms with van der Waals surface area (Å²) in [5.74, 6) is -1.33. The fourth-order valence-corrected chi connectivity index (χ4v) is 6.09. The molecule has 4 heterocycles. The van der Waals surface area contributed by atoms with E-state index < -0.39 is 22.8 Å². The van der Waals surface area contributed by atoms with Gasteiger partial charge in [0.1, 0.15) is 11.5 Å². The van der Waals surface area contributed by atoms with E-state index in [1.54, 1.807) is 39.7 Å². The summed E-state index contributed by atoms with van der Waals surface area (Å²) in [6.07, 6.45) is 6.82. The first kappa shape index (κ1) is 25.6. The standard InChI is InChI=1S/C28H29F2N7OS/c29-21-17-24(27(30)26(18-21)34-39(38)36-13-1-2-14-36)25-19-37(33-28(25)20-7-9-31-10-8-20)23-5-3-22(4-6-23)35-15-11-32-12-16-35/h3-10,17-19,32,34H,1-2,11-16H2. The number of benzene rings is 2. The summed E-state index contributed by atoms with van der Waals surface area (Å²) in [6.45, 7) is 5.07. The maximum atomic E-state index is 15.9. The number of aromatic nitrogens is 3. The highest BCUT2D eigenvalue weighted by Gasteiger charge is 2.23. The largest absolute Gasteiger partial charge is 0.369 e. The molecule has 2 fully saturated rings. The van der Waals surface area contributed by atoms with Crippen LogP contribution in [0.3, 0.4) is 0 Å². The molecule has 0 bridgehead atoms. The van der Waals surface area contributed by atoms with Crippen molar-refractivity contribution < 1.29 is 13.0 Å². The van der Waals surface area contributed by atoms with Gasteiger partial charge in [0.05, 0.1) is 11.4 Å². The van der Waals surface area contributed by atoms with Gasteiger partial charge in [0.25, 0.3) is 0 Å². The van der Waals surface area contributed by atoms with Crippen molar-refractivity contribution in [2.24, 2.45) is 0 Å². The number of hydrogen-bond donors (Lipinski definition) is 2. The van der Waals surface area contributed by atoms with Crippen LogP contribution < -0.4 is 14.9 Å². The SMILES string of the molecule is O=S(Nc1cc(F)cc(-c2cn(-c3ccc(N4CCNCC4)cc3)nc2-c2ccncc2)c1F)N1CCCC1. The molecule has 0 amide bonds. The summed E-state index contributed by atoms with van der Waals surface area (Å²) in [4.78, 5) is 6.40. The lowest BCUT2D eigenvalue weighted by molar-refractivity contribution is 0.539. The topological polar surface area (TPSA) is 78.3 Å². The highest BCUT2D eigenvalue weighted by molar-refractivity contribution is 7.84. The second-order valence-electron chi connectivity index (χ2n) is 9.63. The first-order valence-electron chi connectivity index (χ1n) is 13.1. The molecule has 0 spiro atoms. The van der Waals surface area contributed by atoms with Crippen molar-refractivity contribution in [3.63, 3.8) is 0 Å². The van der Waals surface area contributed by atoms with E-state index in [1.807, 2.05) is 24.3 Å². The third-order valence-electron chi connectivity index (χ3n) is 7.09. The fraction of sp³-hybridized carbons (Fsp3) is 0.286. The number of rotatable bonds is 7. The zero-order valence-electron chi connectivity index (χ0n) is 21.3. The lowest BCUT2D eigenvalue weighted by Gasteiger charge is -2.29. The predicted octanol–water partition coefficient (Wildman–Crippen LogP) is 4.38. The lowest BCUT2D eigenvalue weighted by Crippen LogP contribution is -2.43. The Hall–Kier alpha value is -3.67. The van der Waals surface area contributed by atoms with Crippen LogP contribution in [0, 0.1) is 11.6 Å². The van der Waals surface area contributed by atoms with Crippen molar-refractivity contribution in [2.45, 2.75) is 12.8 Å². The summed E-state index contributed by atoms with van der Waals surface area (Å²) in [7, 11) is 0. The Balaban J connectivity index is 1.39. The third kappa shape index (κ3) is 5.42. The Morgan fingerprint density at radius 1 is 0.872 bits per heavy atom. The van der Waals surface area contributed by atoms with Crippen molar-refractivity contribution in [1.29, 1.82) is 0 Å². The first-order chi connectivity index (χ1) is 19.1. The smallest absolute Gasteiger partial charge is 0.196 e. The Kier molecular flexibility index (Phi) is 7.36. The van der Waals surface area contributed by atoms with Crippen molar-refractivity contribution in [3.8, 4) is 28.1 Å². The van der Waals surface area contributed by atoms with Gasteiger partial charge >= 0.3 is 0 Å². The normalized spacial score (nSPS) is 16.9. The van der Waals surface area contributed by atoms with E-state index in [1.165, 1.54) is 0 Å². The minimum atomic E-state index is -1.66. The van der Waals surface area contributed by atoms with E-state index in [0.717, 1.165) is 68.1 Å². The summed E-state index contributed by atoms with van der Waals surface area (Å²) in [5, 5.41) is 8.14. The van der Waals surface area contributed by atoms with Crippen LogP contribution in [0.1, 0.15) is 12.8 Å². The van der Waals surface area contributed by atoms with E-state index in [4.69, 9.17) is 5.10 Å². The molecule has 2 aromatic carbocycles. The molecule has 4 aromatic rings. The molecule has 0 radical (unpaired) electrons. The maximum Gasteiger partial charge on any atom is 0.196 e. The average Bonchev–Trinajstić information content (AvgIpc) is 3.67. The zero-order valence-corrected chi connectivity index (χ0v) is 22.1. The van der Waals surface area contributed by atoms with Gasteiger partial charge < -0.3 is 10.2 Å². The molecule has 2 aliphatic rings. The van der Waals surface area contributed by atoms with Crippen LogP contribution in [0.15, 0.2) is 67.1 Å². The quantitative estimate of drug-likeness (QED) is 0.358. The van der Waals surface area contributed by atoms with Crippen LogP contribution in [-0.4, -0.2) is 62.5 Å². The van der Waals surface area contributed by atoms with E-state index >= 15 is 4.39 Å². The number of hydrogen-bond acceptors (Lipinski definition) is 5. The molecule has 8 nitrogen and oxygen atoms in total. The summed E-state index contributed by atoms with van der Waals surface area (Å²) in [5.41, 5.74) is 3.42. The van der Waals surface area contributed by atoms with Gasteiger partial charge in [-0.25, -0.2) is 22.0 Å². The summed E-state index contributed by atoms with van der Waals surface area (Å²) in [6, 6.07) is 13.8. The minimum Gasteiger partial charge on any atom is -0.369 e. The van der Waals surface area contributed by atoms with Gasteiger partial charge in [-0.3, -0.25) is 9.71 Å². The molecule has 2 saturated heterocycles. The van der Waals surface area contributed by atoms with Gasteiger partial charge in [-0.15, -0.1) is 0 Å². The Labute approximate surface area is 228 Å². The van der Waals surface area contributed by atoms with Crippen LogP contribution in [-0.2, 0) is 11.2 Å². The number of nitrogens with one attached hydrogen (secondary N) is 2. The Bertz CT molecular complexity index is 1470. The van der Waals surface area contributed by atoms with Crippen LogP contribution in [0.5, 0.6) is 0 Å². The van der Waals surface area contributed by atoms with Crippen molar-refractivity contribution in [1.82, 2.24) is 24.4 Å². The monoisotopic (exact) mass is 549 g/mol. The Morgan fingerprint density at radius 2 is 1.56 bits per heavy atom. The van der Waals surface area contributed by atoms with Crippen LogP contribution in [0.4, 0.5) is 20.2 Å². The van der Waals surface area contributed by atoms with E-state index in [9.17, 15) is 8.60 Å². The molecule has 11 heteroatoms. The molecule has 0 aliphatic carbocycles. The average molecular weight is 550 g/mol. The molecule has 0 saturated carbocycles. The number of pyridine rings is 1. The number of halogens is 2. The minimum absolute atomic E-state index is 0.0337. The summed E-state index contributed by atoms with van der Waals surface area (Å²) >= 11 is -1.66. The van der Waals surface area contributed by atoms with Gasteiger partial charge in [-0.1, -0.05) is 0 Å². The summed E-state index contributed by atoms with van der Waals surface area (Å²) < 4.78 is 49.6. The molecular weight excluding hydrogens is 520 g/mol. The third-order valence-corrected chi connectivity index (χ3v) is 8.32. The molecule has 1 unspecified atom stereocenters. The van der Waals surface area contributed by atoms with Gasteiger partial charge in [0.15, 0.2) is 17.0 Å². The Morgan fingerprint density at radius 3 is 2.28 bits per heavy atom. The van der Waals surface area contributed by atoms with E-state index in [2.05, 4.69) is 19.9 Å². The number of nitrogens with zero attached hydrogens (tertiary/aromatic N) is 5. The lowest BCUT2D eigenvalue weighted by atomic mass is 10.0. The first-order valence-corrected chi connectivity index (χ1v) is 14.2. The van der Waals surface area contributed by atoms with Crippen LogP contribution in [0.2, 0.25) is 0 Å². The zero-order chi connectivity index (χ0) is 26.8. The van der Waals surface area contributed by atoms with Gasteiger partial charge in [-0.05, 0) is 55.3 Å². The van der Waals surface area contributed by atoms with Crippen molar-refractivity contribution >= 4 is 22.5 Å². The van der Waals surface area contributed by atoms with E-state index in [0.29, 0.717) is 24.3 Å². The van der Waals surface area contributed by atoms with Gasteiger partial charge in [0.2, 0.25) is 0 Å². The molecule has 39 heavy (non-hydrogen) atoms. The molecule has 2 aromatic heterocycles. The molecule has 202 valence electrons. The van der Waals surface area contributed by atoms with Crippen LogP contribution >= 0.6 is 0 Å². The maximum absolute atomic E-state index is 15.9. The molecule has 2 N–H and O–H groups in total. The second kappa shape index (κ2) is 11.2. The highest BCUT2D eigenvalue weighted by Crippen LogP contribution is 2.36. The number of piperazine rings is 1.